The number of aryl methyl sites for hydroxylation is 1. The van der Waals surface area contributed by atoms with Gasteiger partial charge in [0.15, 0.2) is 0 Å². The summed E-state index contributed by atoms with van der Waals surface area (Å²) in [6, 6.07) is 3.85. The first-order chi connectivity index (χ1) is 6.27. The lowest BCUT2D eigenvalue weighted by molar-refractivity contribution is 0.224. The van der Waals surface area contributed by atoms with E-state index in [1.807, 2.05) is 30.8 Å². The molecule has 13 heavy (non-hydrogen) atoms. The van der Waals surface area contributed by atoms with Crippen LogP contribution in [0, 0.1) is 0 Å². The van der Waals surface area contributed by atoms with Gasteiger partial charge in [-0.2, -0.15) is 5.10 Å². The molecular weight excluding hydrogens is 184 g/mol. The number of aliphatic hydroxyl groups excluding tert-OH is 1. The Kier molecular flexibility index (Phi) is 2.16. The van der Waals surface area contributed by atoms with Crippen molar-refractivity contribution in [2.45, 2.75) is 6.10 Å². The van der Waals surface area contributed by atoms with Gasteiger partial charge in [-0.25, -0.2) is 0 Å². The summed E-state index contributed by atoms with van der Waals surface area (Å²) in [6.45, 7) is 0. The fourth-order valence-corrected chi connectivity index (χ4v) is 1.93. The van der Waals surface area contributed by atoms with Gasteiger partial charge in [-0.3, -0.25) is 4.68 Å². The molecular formula is C9H10N2OS. The Labute approximate surface area is 80.3 Å². The molecule has 0 aliphatic heterocycles. The molecule has 4 heteroatoms. The summed E-state index contributed by atoms with van der Waals surface area (Å²) in [4.78, 5) is 0.952. The van der Waals surface area contributed by atoms with Gasteiger partial charge in [-0.15, -0.1) is 11.3 Å². The zero-order valence-corrected chi connectivity index (χ0v) is 8.03. The molecule has 0 saturated carbocycles. The highest BCUT2D eigenvalue weighted by molar-refractivity contribution is 7.10. The number of rotatable bonds is 2. The number of thiophene rings is 1. The van der Waals surface area contributed by atoms with E-state index in [9.17, 15) is 5.11 Å². The van der Waals surface area contributed by atoms with Gasteiger partial charge in [0.05, 0.1) is 6.20 Å². The molecule has 1 atom stereocenters. The van der Waals surface area contributed by atoms with Crippen molar-refractivity contribution in [2.75, 3.05) is 0 Å². The smallest absolute Gasteiger partial charge is 0.116 e. The average molecular weight is 194 g/mol. The van der Waals surface area contributed by atoms with Crippen molar-refractivity contribution in [1.29, 1.82) is 0 Å². The summed E-state index contributed by atoms with van der Waals surface area (Å²) >= 11 is 1.55. The Morgan fingerprint density at radius 3 is 3.00 bits per heavy atom. The van der Waals surface area contributed by atoms with Crippen molar-refractivity contribution in [2.24, 2.45) is 7.05 Å². The van der Waals surface area contributed by atoms with Crippen LogP contribution >= 0.6 is 11.3 Å². The minimum absolute atomic E-state index is 0.534. The Bertz CT molecular complexity index is 380. The van der Waals surface area contributed by atoms with Gasteiger partial charge in [-0.05, 0) is 11.4 Å². The Morgan fingerprint density at radius 2 is 2.46 bits per heavy atom. The second-order valence-electron chi connectivity index (χ2n) is 2.87. The summed E-state index contributed by atoms with van der Waals surface area (Å²) in [5, 5.41) is 15.8. The maximum atomic E-state index is 9.85. The van der Waals surface area contributed by atoms with Crippen LogP contribution in [0.25, 0.3) is 0 Å². The van der Waals surface area contributed by atoms with Gasteiger partial charge < -0.3 is 5.11 Å². The first kappa shape index (κ1) is 8.47. The van der Waals surface area contributed by atoms with E-state index in [1.54, 1.807) is 22.2 Å². The number of hydrogen-bond donors (Lipinski definition) is 1. The quantitative estimate of drug-likeness (QED) is 0.788. The molecule has 0 spiro atoms. The predicted octanol–water partition coefficient (Wildman–Crippen LogP) is 1.56. The van der Waals surface area contributed by atoms with Crippen LogP contribution in [-0.2, 0) is 7.05 Å². The average Bonchev–Trinajstić information content (AvgIpc) is 2.72. The molecule has 0 radical (unpaired) electrons. The van der Waals surface area contributed by atoms with Crippen LogP contribution in [0.1, 0.15) is 16.5 Å². The fraction of sp³-hybridized carbons (Fsp3) is 0.222. The number of nitrogens with zero attached hydrogens (tertiary/aromatic N) is 2. The van der Waals surface area contributed by atoms with Gasteiger partial charge in [0.1, 0.15) is 6.10 Å². The summed E-state index contributed by atoms with van der Waals surface area (Å²) < 4.78 is 1.69. The van der Waals surface area contributed by atoms with Crippen molar-refractivity contribution < 1.29 is 5.11 Å². The highest BCUT2D eigenvalue weighted by atomic mass is 32.1. The van der Waals surface area contributed by atoms with E-state index in [4.69, 9.17) is 0 Å². The van der Waals surface area contributed by atoms with Gasteiger partial charge >= 0.3 is 0 Å². The molecule has 68 valence electrons. The summed E-state index contributed by atoms with van der Waals surface area (Å²) in [5.74, 6) is 0. The predicted molar refractivity (Wildman–Crippen MR) is 51.6 cm³/mol. The van der Waals surface area contributed by atoms with Gasteiger partial charge in [0, 0.05) is 23.7 Å². The van der Waals surface area contributed by atoms with Crippen molar-refractivity contribution in [3.8, 4) is 0 Å². The van der Waals surface area contributed by atoms with Gasteiger partial charge in [0.25, 0.3) is 0 Å². The third-order valence-corrected chi connectivity index (χ3v) is 2.78. The molecule has 0 aliphatic rings. The second kappa shape index (κ2) is 3.32. The first-order valence-corrected chi connectivity index (χ1v) is 4.85. The van der Waals surface area contributed by atoms with Crippen LogP contribution in [0.15, 0.2) is 29.9 Å². The monoisotopic (exact) mass is 194 g/mol. The van der Waals surface area contributed by atoms with Crippen molar-refractivity contribution >= 4 is 11.3 Å². The maximum absolute atomic E-state index is 9.85. The molecule has 0 aromatic carbocycles. The molecule has 2 aromatic heterocycles. The number of aromatic nitrogens is 2. The summed E-state index contributed by atoms with van der Waals surface area (Å²) in [5.41, 5.74) is 0.838. The van der Waals surface area contributed by atoms with Crippen LogP contribution in [0.2, 0.25) is 0 Å². The summed E-state index contributed by atoms with van der Waals surface area (Å²) in [7, 11) is 1.84. The molecule has 1 unspecified atom stereocenters. The van der Waals surface area contributed by atoms with E-state index < -0.39 is 6.10 Å². The van der Waals surface area contributed by atoms with Crippen LogP contribution in [0.4, 0.5) is 0 Å². The highest BCUT2D eigenvalue weighted by Crippen LogP contribution is 2.24. The molecule has 2 heterocycles. The lowest BCUT2D eigenvalue weighted by atomic mass is 10.2. The van der Waals surface area contributed by atoms with E-state index in [0.717, 1.165) is 10.4 Å². The SMILES string of the molecule is Cn1cc(C(O)c2cccs2)cn1. The van der Waals surface area contributed by atoms with Crippen LogP contribution < -0.4 is 0 Å². The van der Waals surface area contributed by atoms with E-state index in [-0.39, 0.29) is 0 Å². The maximum Gasteiger partial charge on any atom is 0.116 e. The van der Waals surface area contributed by atoms with Crippen LogP contribution in [0.5, 0.6) is 0 Å². The van der Waals surface area contributed by atoms with Crippen molar-refractivity contribution in [3.63, 3.8) is 0 Å². The molecule has 0 bridgehead atoms. The largest absolute Gasteiger partial charge is 0.383 e. The Hall–Kier alpha value is -1.13. The van der Waals surface area contributed by atoms with E-state index in [1.165, 1.54) is 0 Å². The van der Waals surface area contributed by atoms with Gasteiger partial charge in [-0.1, -0.05) is 6.07 Å². The molecule has 2 aromatic rings. The molecule has 1 N–H and O–H groups in total. The number of aliphatic hydroxyl groups is 1. The zero-order chi connectivity index (χ0) is 9.26. The minimum atomic E-state index is -0.534. The summed E-state index contributed by atoms with van der Waals surface area (Å²) in [6.07, 6.45) is 2.98. The van der Waals surface area contributed by atoms with E-state index in [0.29, 0.717) is 0 Å². The second-order valence-corrected chi connectivity index (χ2v) is 3.84. The van der Waals surface area contributed by atoms with Crippen LogP contribution in [0.3, 0.4) is 0 Å². The Morgan fingerprint density at radius 1 is 1.62 bits per heavy atom. The topological polar surface area (TPSA) is 38.0 Å². The molecule has 0 fully saturated rings. The third kappa shape index (κ3) is 1.64. The highest BCUT2D eigenvalue weighted by Gasteiger charge is 2.12. The normalized spacial score (nSPS) is 13.1. The number of hydrogen-bond acceptors (Lipinski definition) is 3. The zero-order valence-electron chi connectivity index (χ0n) is 7.21. The molecule has 3 nitrogen and oxygen atoms in total. The molecule has 0 aliphatic carbocycles. The lowest BCUT2D eigenvalue weighted by Crippen LogP contribution is -1.94. The van der Waals surface area contributed by atoms with E-state index in [2.05, 4.69) is 5.10 Å². The Balaban J connectivity index is 2.28. The molecule has 0 saturated heterocycles. The third-order valence-electron chi connectivity index (χ3n) is 1.85. The minimum Gasteiger partial charge on any atom is -0.383 e. The van der Waals surface area contributed by atoms with Crippen molar-refractivity contribution in [3.05, 3.63) is 40.3 Å². The standard InChI is InChI=1S/C9H10N2OS/c1-11-6-7(5-10-11)9(12)8-3-2-4-13-8/h2-6,9,12H,1H3. The van der Waals surface area contributed by atoms with E-state index >= 15 is 0 Å². The van der Waals surface area contributed by atoms with Gasteiger partial charge in [0.2, 0.25) is 0 Å². The lowest BCUT2D eigenvalue weighted by Gasteiger charge is -2.03. The van der Waals surface area contributed by atoms with Crippen molar-refractivity contribution in [1.82, 2.24) is 9.78 Å². The molecule has 2 rings (SSSR count). The molecule has 0 amide bonds. The van der Waals surface area contributed by atoms with Crippen LogP contribution in [-0.4, -0.2) is 14.9 Å². The fourth-order valence-electron chi connectivity index (χ4n) is 1.19. The first-order valence-electron chi connectivity index (χ1n) is 3.97.